The lowest BCUT2D eigenvalue weighted by atomic mass is 9.96. The van der Waals surface area contributed by atoms with E-state index in [-0.39, 0.29) is 0 Å². The van der Waals surface area contributed by atoms with Crippen LogP contribution in [0.3, 0.4) is 0 Å². The summed E-state index contributed by atoms with van der Waals surface area (Å²) in [5, 5.41) is 10.3. The van der Waals surface area contributed by atoms with Gasteiger partial charge in [0.15, 0.2) is 0 Å². The zero-order valence-corrected chi connectivity index (χ0v) is 22.7. The van der Waals surface area contributed by atoms with Crippen molar-refractivity contribution in [1.82, 2.24) is 9.13 Å². The fraction of sp³-hybridized carbons (Fsp3) is 0.0256. The smallest absolute Gasteiger partial charge is 0.0619 e. The van der Waals surface area contributed by atoms with Gasteiger partial charge in [-0.05, 0) is 65.5 Å². The van der Waals surface area contributed by atoms with Crippen LogP contribution >= 0.6 is 0 Å². The van der Waals surface area contributed by atoms with Crippen LogP contribution in [0.25, 0.3) is 76.5 Å². The highest BCUT2D eigenvalue weighted by Crippen LogP contribution is 2.42. The molecule has 0 amide bonds. The average Bonchev–Trinajstić information content (AvgIpc) is 3.55. The summed E-state index contributed by atoms with van der Waals surface area (Å²) in [5.41, 5.74) is 8.61. The number of aromatic nitrogens is 2. The molecule has 2 nitrogen and oxygen atoms in total. The molecule has 0 N–H and O–H groups in total. The van der Waals surface area contributed by atoms with E-state index in [0.717, 1.165) is 0 Å². The maximum atomic E-state index is 2.44. The number of hydrogen-bond donors (Lipinski definition) is 0. The zero-order valence-electron chi connectivity index (χ0n) is 22.7. The molecule has 0 aliphatic carbocycles. The van der Waals surface area contributed by atoms with Gasteiger partial charge >= 0.3 is 0 Å². The van der Waals surface area contributed by atoms with Crippen LogP contribution in [0.1, 0.15) is 5.56 Å². The predicted octanol–water partition coefficient (Wildman–Crippen LogP) is 10.5. The van der Waals surface area contributed by atoms with E-state index >= 15 is 0 Å². The molecule has 2 heterocycles. The highest BCUT2D eigenvalue weighted by Gasteiger charge is 2.18. The van der Waals surface area contributed by atoms with Crippen molar-refractivity contribution < 1.29 is 0 Å². The summed E-state index contributed by atoms with van der Waals surface area (Å²) in [6.07, 6.45) is 0. The maximum Gasteiger partial charge on any atom is 0.0619 e. The minimum absolute atomic E-state index is 1.18. The fourth-order valence-corrected chi connectivity index (χ4v) is 6.97. The summed E-state index contributed by atoms with van der Waals surface area (Å²) in [7, 11) is 0. The van der Waals surface area contributed by atoms with Gasteiger partial charge in [-0.1, -0.05) is 103 Å². The topological polar surface area (TPSA) is 9.86 Å². The van der Waals surface area contributed by atoms with E-state index in [1.165, 1.54) is 82.1 Å². The number of para-hydroxylation sites is 3. The molecule has 0 aliphatic heterocycles. The van der Waals surface area contributed by atoms with Gasteiger partial charge in [-0.3, -0.25) is 0 Å². The lowest BCUT2D eigenvalue weighted by molar-refractivity contribution is 1.18. The molecule has 0 aliphatic rings. The lowest BCUT2D eigenvalue weighted by Crippen LogP contribution is -1.95. The molecule has 9 aromatic rings. The molecule has 0 bridgehead atoms. The molecule has 0 spiro atoms. The van der Waals surface area contributed by atoms with Gasteiger partial charge in [0, 0.05) is 38.3 Å². The van der Waals surface area contributed by atoms with Crippen LogP contribution in [0.15, 0.2) is 140 Å². The van der Waals surface area contributed by atoms with Gasteiger partial charge < -0.3 is 9.13 Å². The summed E-state index contributed by atoms with van der Waals surface area (Å²) in [5.74, 6) is 0. The molecule has 0 saturated heterocycles. The molecule has 7 aromatic carbocycles. The van der Waals surface area contributed by atoms with Crippen LogP contribution in [-0.2, 0) is 0 Å². The fourth-order valence-electron chi connectivity index (χ4n) is 6.97. The van der Waals surface area contributed by atoms with E-state index in [1.54, 1.807) is 0 Å². The highest BCUT2D eigenvalue weighted by atomic mass is 15.0. The quantitative estimate of drug-likeness (QED) is 0.200. The highest BCUT2D eigenvalue weighted by molar-refractivity contribution is 6.29. The first-order valence-corrected chi connectivity index (χ1v) is 14.2. The summed E-state index contributed by atoms with van der Waals surface area (Å²) in [4.78, 5) is 0. The first-order chi connectivity index (χ1) is 20.3. The molecule has 0 saturated carbocycles. The van der Waals surface area contributed by atoms with Gasteiger partial charge in [-0.25, -0.2) is 0 Å². The summed E-state index contributed by atoms with van der Waals surface area (Å²) >= 11 is 0. The Bertz CT molecular complexity index is 2460. The molecule has 0 unspecified atom stereocenters. The van der Waals surface area contributed by atoms with Gasteiger partial charge in [0.05, 0.1) is 22.1 Å². The molecule has 9 rings (SSSR count). The third-order valence-corrected chi connectivity index (χ3v) is 8.77. The molecule has 0 fully saturated rings. The third kappa shape index (κ3) is 3.07. The minimum atomic E-state index is 1.18. The zero-order chi connectivity index (χ0) is 27.1. The van der Waals surface area contributed by atoms with Gasteiger partial charge in [-0.2, -0.15) is 0 Å². The monoisotopic (exact) mass is 522 g/mol. The Hall–Kier alpha value is -5.34. The first kappa shape index (κ1) is 22.5. The lowest BCUT2D eigenvalue weighted by Gasteiger charge is -2.12. The number of aryl methyl sites for hydroxylation is 1. The Morgan fingerprint density at radius 1 is 0.341 bits per heavy atom. The van der Waals surface area contributed by atoms with E-state index in [0.29, 0.717) is 0 Å². The Kier molecular flexibility index (Phi) is 4.57. The van der Waals surface area contributed by atoms with Gasteiger partial charge in [-0.15, -0.1) is 0 Å². The van der Waals surface area contributed by atoms with Crippen LogP contribution in [-0.4, -0.2) is 9.13 Å². The molecular formula is C39H26N2. The minimum Gasteiger partial charge on any atom is -0.309 e. The molecule has 2 heteroatoms. The number of hydrogen-bond acceptors (Lipinski definition) is 0. The Labute approximate surface area is 237 Å². The van der Waals surface area contributed by atoms with Crippen LogP contribution in [0.4, 0.5) is 0 Å². The molecule has 0 radical (unpaired) electrons. The Balaban J connectivity index is 1.43. The number of benzene rings is 7. The summed E-state index contributed by atoms with van der Waals surface area (Å²) < 4.78 is 4.84. The molecule has 41 heavy (non-hydrogen) atoms. The van der Waals surface area contributed by atoms with Crippen molar-refractivity contribution in [2.24, 2.45) is 0 Å². The Morgan fingerprint density at radius 2 is 0.878 bits per heavy atom. The molecule has 192 valence electrons. The van der Waals surface area contributed by atoms with E-state index in [4.69, 9.17) is 0 Å². The van der Waals surface area contributed by atoms with Crippen molar-refractivity contribution in [1.29, 1.82) is 0 Å². The molecule has 0 atom stereocenters. The second-order valence-electron chi connectivity index (χ2n) is 11.1. The van der Waals surface area contributed by atoms with Gasteiger partial charge in [0.25, 0.3) is 0 Å². The normalized spacial score (nSPS) is 12.0. The van der Waals surface area contributed by atoms with Crippen molar-refractivity contribution in [2.45, 2.75) is 6.92 Å². The number of rotatable bonds is 2. The standard InChI is InChI=1S/C39H26N2/c1-25-15-17-27(18-16-25)41-35-13-7-5-11-30(35)33-21-19-29-28-23-24-37-38(31(28)20-22-32(29)39(33)41)34-12-6-8-14-36(34)40(37)26-9-3-2-4-10-26/h2-24H,1H3. The second kappa shape index (κ2) is 8.33. The van der Waals surface area contributed by atoms with Crippen LogP contribution < -0.4 is 0 Å². The van der Waals surface area contributed by atoms with Crippen LogP contribution in [0, 0.1) is 6.92 Å². The van der Waals surface area contributed by atoms with Crippen molar-refractivity contribution in [3.8, 4) is 11.4 Å². The maximum absolute atomic E-state index is 2.44. The van der Waals surface area contributed by atoms with Crippen LogP contribution in [0.5, 0.6) is 0 Å². The summed E-state index contributed by atoms with van der Waals surface area (Å²) in [6, 6.07) is 51.1. The third-order valence-electron chi connectivity index (χ3n) is 8.77. The second-order valence-corrected chi connectivity index (χ2v) is 11.1. The van der Waals surface area contributed by atoms with Crippen molar-refractivity contribution >= 4 is 65.2 Å². The number of fused-ring (bicyclic) bond motifs is 11. The molecule has 2 aromatic heterocycles. The van der Waals surface area contributed by atoms with Gasteiger partial charge in [0.2, 0.25) is 0 Å². The number of nitrogens with zero attached hydrogens (tertiary/aromatic N) is 2. The van der Waals surface area contributed by atoms with Crippen molar-refractivity contribution in [2.75, 3.05) is 0 Å². The van der Waals surface area contributed by atoms with E-state index in [9.17, 15) is 0 Å². The Morgan fingerprint density at radius 3 is 1.66 bits per heavy atom. The van der Waals surface area contributed by atoms with Crippen LogP contribution in [0.2, 0.25) is 0 Å². The molecular weight excluding hydrogens is 496 g/mol. The first-order valence-electron chi connectivity index (χ1n) is 14.2. The summed E-state index contributed by atoms with van der Waals surface area (Å²) in [6.45, 7) is 2.15. The van der Waals surface area contributed by atoms with E-state index < -0.39 is 0 Å². The van der Waals surface area contributed by atoms with Crippen molar-refractivity contribution in [3.05, 3.63) is 145 Å². The average molecular weight is 523 g/mol. The van der Waals surface area contributed by atoms with E-state index in [2.05, 4.69) is 156 Å². The van der Waals surface area contributed by atoms with E-state index in [1.807, 2.05) is 0 Å². The van der Waals surface area contributed by atoms with Gasteiger partial charge in [0.1, 0.15) is 0 Å². The largest absolute Gasteiger partial charge is 0.309 e. The SMILES string of the molecule is Cc1ccc(-n2c3ccccc3c3ccc4c5ccc6c(c5ccc4c32)c2ccccc2n6-c2ccccc2)cc1. The van der Waals surface area contributed by atoms with Crippen molar-refractivity contribution in [3.63, 3.8) is 0 Å². The predicted molar refractivity (Wildman–Crippen MR) is 175 cm³/mol.